The van der Waals surface area contributed by atoms with E-state index in [1.807, 2.05) is 17.4 Å². The van der Waals surface area contributed by atoms with Gasteiger partial charge in [-0.3, -0.25) is 4.57 Å². The van der Waals surface area contributed by atoms with Gasteiger partial charge in [0.25, 0.3) is 0 Å². The van der Waals surface area contributed by atoms with Crippen molar-refractivity contribution in [2.45, 2.75) is 0 Å². The lowest BCUT2D eigenvalue weighted by molar-refractivity contribution is 1.01. The van der Waals surface area contributed by atoms with Crippen LogP contribution in [-0.4, -0.2) is 19.1 Å². The quantitative estimate of drug-likeness (QED) is 0.182. The maximum absolute atomic E-state index is 5.34. The molecular weight excluding hydrogens is 689 g/mol. The number of nitrogens with zero attached hydrogens (tertiary/aromatic N) is 4. The van der Waals surface area contributed by atoms with Crippen molar-refractivity contribution in [1.29, 1.82) is 0 Å². The number of benzene rings is 8. The van der Waals surface area contributed by atoms with Gasteiger partial charge in [0, 0.05) is 63.9 Å². The van der Waals surface area contributed by atoms with Crippen molar-refractivity contribution >= 4 is 86.0 Å². The molecule has 8 aromatic carbocycles. The Morgan fingerprint density at radius 1 is 0.400 bits per heavy atom. The number of fused-ring (bicyclic) bond motifs is 11. The third-order valence-electron chi connectivity index (χ3n) is 11.1. The van der Waals surface area contributed by atoms with E-state index in [9.17, 15) is 0 Å². The summed E-state index contributed by atoms with van der Waals surface area (Å²) in [6, 6.07) is 65.3. The number of hydrogen-bond acceptors (Lipinski definition) is 3. The van der Waals surface area contributed by atoms with Gasteiger partial charge in [0.05, 0.1) is 33.3 Å². The fourth-order valence-electron chi connectivity index (χ4n) is 8.77. The van der Waals surface area contributed by atoms with E-state index in [1.165, 1.54) is 63.9 Å². The maximum atomic E-state index is 5.34. The molecular formula is C50H30N4S. The molecule has 0 N–H and O–H groups in total. The van der Waals surface area contributed by atoms with Crippen molar-refractivity contribution in [3.05, 3.63) is 182 Å². The third-order valence-corrected chi connectivity index (χ3v) is 12.3. The standard InChI is InChI=1S/C50H30N4S/c1-3-15-31(16-4-1)38-29-33(30-39-34-19-10-14-26-45(34)55-49(38)39)53-41-24-12-8-21-36(41)46-43(53)27-28-44-47(46)37-22-9-13-25-42(37)54(44)50-51-40-23-11-7-20-35(40)48(52-50)32-17-5-2-6-18-32/h1-30H. The molecule has 0 saturated carbocycles. The molecule has 12 rings (SSSR count). The summed E-state index contributed by atoms with van der Waals surface area (Å²) in [5.74, 6) is 0.661. The molecule has 0 aliphatic carbocycles. The average Bonchev–Trinajstić information content (AvgIpc) is 3.91. The van der Waals surface area contributed by atoms with Crippen LogP contribution in [0.1, 0.15) is 0 Å². The number of rotatable bonds is 4. The van der Waals surface area contributed by atoms with Gasteiger partial charge in [0.15, 0.2) is 0 Å². The average molecular weight is 719 g/mol. The van der Waals surface area contributed by atoms with E-state index >= 15 is 0 Å². The zero-order valence-electron chi connectivity index (χ0n) is 29.5. The molecule has 5 heteroatoms. The van der Waals surface area contributed by atoms with Crippen LogP contribution < -0.4 is 0 Å². The molecule has 4 nitrogen and oxygen atoms in total. The highest BCUT2D eigenvalue weighted by Gasteiger charge is 2.23. The SMILES string of the molecule is c1ccc(-c2nc(-n3c4ccccc4c4c5c6ccccc6n(-c6cc(-c7ccccc7)c7sc8ccccc8c7c6)c5ccc43)nc3ccccc23)cc1. The molecule has 0 amide bonds. The Labute approximate surface area is 319 Å². The summed E-state index contributed by atoms with van der Waals surface area (Å²) >= 11 is 1.88. The topological polar surface area (TPSA) is 35.6 Å². The van der Waals surface area contributed by atoms with Crippen LogP contribution in [0.15, 0.2) is 182 Å². The van der Waals surface area contributed by atoms with Crippen molar-refractivity contribution in [2.24, 2.45) is 0 Å². The van der Waals surface area contributed by atoms with Gasteiger partial charge in [0.1, 0.15) is 0 Å². The number of aromatic nitrogens is 4. The molecule has 0 bridgehead atoms. The molecule has 0 aliphatic rings. The largest absolute Gasteiger partial charge is 0.309 e. The van der Waals surface area contributed by atoms with Gasteiger partial charge < -0.3 is 4.57 Å². The molecule has 4 aromatic heterocycles. The second-order valence-corrected chi connectivity index (χ2v) is 15.2. The first kappa shape index (κ1) is 30.4. The summed E-state index contributed by atoms with van der Waals surface area (Å²) < 4.78 is 7.34. The van der Waals surface area contributed by atoms with Gasteiger partial charge in [-0.15, -0.1) is 11.3 Å². The zero-order valence-corrected chi connectivity index (χ0v) is 30.3. The molecule has 0 atom stereocenters. The van der Waals surface area contributed by atoms with Crippen LogP contribution in [0.3, 0.4) is 0 Å². The highest BCUT2D eigenvalue weighted by atomic mass is 32.1. The van der Waals surface area contributed by atoms with E-state index in [4.69, 9.17) is 9.97 Å². The van der Waals surface area contributed by atoms with Gasteiger partial charge in [-0.2, -0.15) is 0 Å². The number of para-hydroxylation sites is 3. The van der Waals surface area contributed by atoms with Crippen LogP contribution in [0.25, 0.3) is 109 Å². The number of hydrogen-bond donors (Lipinski definition) is 0. The Balaban J connectivity index is 1.19. The lowest BCUT2D eigenvalue weighted by Crippen LogP contribution is -2.03. The Hall–Kier alpha value is -7.08. The van der Waals surface area contributed by atoms with Crippen LogP contribution in [0.2, 0.25) is 0 Å². The first-order chi connectivity index (χ1) is 27.3. The predicted molar refractivity (Wildman–Crippen MR) is 232 cm³/mol. The third kappa shape index (κ3) is 4.45. The van der Waals surface area contributed by atoms with Gasteiger partial charge in [0.2, 0.25) is 5.95 Å². The summed E-state index contributed by atoms with van der Waals surface area (Å²) in [5, 5.41) is 8.42. The molecule has 0 radical (unpaired) electrons. The Kier molecular flexibility index (Phi) is 6.47. The first-order valence-corrected chi connectivity index (χ1v) is 19.4. The highest BCUT2D eigenvalue weighted by Crippen LogP contribution is 2.45. The lowest BCUT2D eigenvalue weighted by Gasteiger charge is -2.13. The minimum atomic E-state index is 0.661. The van der Waals surface area contributed by atoms with E-state index in [0.29, 0.717) is 5.95 Å². The summed E-state index contributed by atoms with van der Waals surface area (Å²) in [6.45, 7) is 0. The van der Waals surface area contributed by atoms with E-state index in [0.717, 1.165) is 38.9 Å². The van der Waals surface area contributed by atoms with Gasteiger partial charge in [-0.05, 0) is 54.1 Å². The van der Waals surface area contributed by atoms with E-state index < -0.39 is 0 Å². The first-order valence-electron chi connectivity index (χ1n) is 18.6. The van der Waals surface area contributed by atoms with Crippen LogP contribution >= 0.6 is 11.3 Å². The van der Waals surface area contributed by atoms with Crippen LogP contribution in [0.4, 0.5) is 0 Å². The minimum Gasteiger partial charge on any atom is -0.309 e. The Bertz CT molecular complexity index is 3480. The van der Waals surface area contributed by atoms with Crippen molar-refractivity contribution in [2.75, 3.05) is 0 Å². The molecule has 4 heterocycles. The smallest absolute Gasteiger partial charge is 0.235 e. The fraction of sp³-hybridized carbons (Fsp3) is 0. The molecule has 0 aliphatic heterocycles. The molecule has 0 spiro atoms. The summed E-state index contributed by atoms with van der Waals surface area (Å²) in [4.78, 5) is 10.6. The molecule has 55 heavy (non-hydrogen) atoms. The van der Waals surface area contributed by atoms with Gasteiger partial charge in [-0.1, -0.05) is 133 Å². The molecule has 0 unspecified atom stereocenters. The van der Waals surface area contributed by atoms with Crippen molar-refractivity contribution in [3.63, 3.8) is 0 Å². The molecule has 256 valence electrons. The number of thiophene rings is 1. The van der Waals surface area contributed by atoms with Crippen molar-refractivity contribution < 1.29 is 0 Å². The highest BCUT2D eigenvalue weighted by molar-refractivity contribution is 7.26. The van der Waals surface area contributed by atoms with E-state index in [1.54, 1.807) is 0 Å². The second-order valence-electron chi connectivity index (χ2n) is 14.1. The fourth-order valence-corrected chi connectivity index (χ4v) is 9.99. The van der Waals surface area contributed by atoms with Crippen LogP contribution in [-0.2, 0) is 0 Å². The maximum Gasteiger partial charge on any atom is 0.235 e. The van der Waals surface area contributed by atoms with Crippen LogP contribution in [0, 0.1) is 0 Å². The summed E-state index contributed by atoms with van der Waals surface area (Å²) in [6.07, 6.45) is 0. The van der Waals surface area contributed by atoms with E-state index in [2.05, 4.69) is 185 Å². The normalized spacial score (nSPS) is 12.0. The van der Waals surface area contributed by atoms with Gasteiger partial charge >= 0.3 is 0 Å². The monoisotopic (exact) mass is 718 g/mol. The van der Waals surface area contributed by atoms with Gasteiger partial charge in [-0.25, -0.2) is 9.97 Å². The van der Waals surface area contributed by atoms with E-state index in [-0.39, 0.29) is 0 Å². The summed E-state index contributed by atoms with van der Waals surface area (Å²) in [7, 11) is 0. The molecule has 0 fully saturated rings. The second kappa shape index (κ2) is 11.7. The van der Waals surface area contributed by atoms with Crippen molar-refractivity contribution in [1.82, 2.24) is 19.1 Å². The van der Waals surface area contributed by atoms with Crippen molar-refractivity contribution in [3.8, 4) is 34.0 Å². The Morgan fingerprint density at radius 3 is 1.69 bits per heavy atom. The predicted octanol–water partition coefficient (Wildman–Crippen LogP) is 13.5. The zero-order chi connectivity index (χ0) is 36.0. The molecule has 12 aromatic rings. The van der Waals surface area contributed by atoms with Crippen LogP contribution in [0.5, 0.6) is 0 Å². The Morgan fingerprint density at radius 2 is 0.964 bits per heavy atom. The minimum absolute atomic E-state index is 0.661. The lowest BCUT2D eigenvalue weighted by atomic mass is 10.0. The molecule has 0 saturated heterocycles. The summed E-state index contributed by atoms with van der Waals surface area (Å²) in [5.41, 5.74) is 11.0.